The number of hydrogen-bond donors (Lipinski definition) is 0. The number of nitrogens with zero attached hydrogens (tertiary/aromatic N) is 1. The van der Waals surface area contributed by atoms with Crippen molar-refractivity contribution in [1.82, 2.24) is 4.57 Å². The van der Waals surface area contributed by atoms with Gasteiger partial charge in [-0.1, -0.05) is 6.07 Å². The summed E-state index contributed by atoms with van der Waals surface area (Å²) in [6.07, 6.45) is 2.71. The summed E-state index contributed by atoms with van der Waals surface area (Å²) in [6.45, 7) is 0.706. The van der Waals surface area contributed by atoms with Crippen LogP contribution in [-0.2, 0) is 13.0 Å². The monoisotopic (exact) mass is 361 g/mol. The van der Waals surface area contributed by atoms with Crippen molar-refractivity contribution < 1.29 is 0 Å². The molecule has 0 saturated carbocycles. The van der Waals surface area contributed by atoms with E-state index in [0.29, 0.717) is 11.0 Å². The van der Waals surface area contributed by atoms with Crippen molar-refractivity contribution in [3.63, 3.8) is 0 Å². The first-order valence-electron chi connectivity index (χ1n) is 4.74. The summed E-state index contributed by atoms with van der Waals surface area (Å²) >= 11 is 8.35. The van der Waals surface area contributed by atoms with Gasteiger partial charge >= 0.3 is 0 Å². The van der Waals surface area contributed by atoms with Crippen LogP contribution in [0.1, 0.15) is 4.88 Å². The van der Waals surface area contributed by atoms with Crippen LogP contribution in [-0.4, -0.2) is 4.57 Å². The van der Waals surface area contributed by atoms with Crippen LogP contribution in [0.3, 0.4) is 0 Å². The maximum absolute atomic E-state index is 11.8. The number of thiophene rings is 1. The molecule has 2 aromatic heterocycles. The molecule has 2 aromatic rings. The summed E-state index contributed by atoms with van der Waals surface area (Å²) in [7, 11) is 0. The molecule has 0 aliphatic heterocycles. The van der Waals surface area contributed by atoms with E-state index < -0.39 is 0 Å². The second kappa shape index (κ2) is 5.29. The predicted molar refractivity (Wildman–Crippen MR) is 74.1 cm³/mol. The Morgan fingerprint density at radius 2 is 2.19 bits per heavy atom. The van der Waals surface area contributed by atoms with Crippen molar-refractivity contribution in [2.45, 2.75) is 13.0 Å². The van der Waals surface area contributed by atoms with Crippen LogP contribution in [0.5, 0.6) is 0 Å². The van der Waals surface area contributed by atoms with Crippen molar-refractivity contribution >= 4 is 43.2 Å². The van der Waals surface area contributed by atoms with Gasteiger partial charge in [-0.05, 0) is 55.8 Å². The predicted octanol–water partition coefficient (Wildman–Crippen LogP) is 3.68. The number of pyridine rings is 1. The van der Waals surface area contributed by atoms with E-state index in [1.54, 1.807) is 22.0 Å². The zero-order valence-corrected chi connectivity index (χ0v) is 12.3. The highest BCUT2D eigenvalue weighted by Crippen LogP contribution is 2.14. The Labute approximate surface area is 114 Å². The molecular formula is C11H9Br2NOS. The molecule has 0 aliphatic carbocycles. The Hall–Kier alpha value is -0.390. The van der Waals surface area contributed by atoms with Gasteiger partial charge in [0.2, 0.25) is 0 Å². The van der Waals surface area contributed by atoms with Crippen molar-refractivity contribution in [3.8, 4) is 0 Å². The summed E-state index contributed by atoms with van der Waals surface area (Å²) in [4.78, 5) is 13.1. The number of rotatable bonds is 3. The summed E-state index contributed by atoms with van der Waals surface area (Å²) in [5, 5.41) is 2.05. The van der Waals surface area contributed by atoms with E-state index in [4.69, 9.17) is 0 Å². The minimum atomic E-state index is 0.0137. The van der Waals surface area contributed by atoms with Crippen molar-refractivity contribution in [2.24, 2.45) is 0 Å². The SMILES string of the molecule is O=c1c(Br)cc(Br)cn1CCc1cccs1. The van der Waals surface area contributed by atoms with Crippen LogP contribution in [0.15, 0.2) is 43.5 Å². The molecule has 0 bridgehead atoms. The molecule has 84 valence electrons. The topological polar surface area (TPSA) is 22.0 Å². The first-order valence-corrected chi connectivity index (χ1v) is 7.21. The second-order valence-corrected chi connectivity index (χ2v) is 6.14. The molecule has 2 heterocycles. The highest BCUT2D eigenvalue weighted by Gasteiger charge is 2.03. The summed E-state index contributed by atoms with van der Waals surface area (Å²) in [6, 6.07) is 5.88. The largest absolute Gasteiger partial charge is 0.313 e. The summed E-state index contributed by atoms with van der Waals surface area (Å²) in [5.41, 5.74) is 0.0137. The lowest BCUT2D eigenvalue weighted by Gasteiger charge is -2.05. The Kier molecular flexibility index (Phi) is 4.00. The molecule has 0 N–H and O–H groups in total. The van der Waals surface area contributed by atoms with Crippen LogP contribution in [0.25, 0.3) is 0 Å². The first-order chi connectivity index (χ1) is 7.66. The third kappa shape index (κ3) is 2.84. The van der Waals surface area contributed by atoms with Crippen LogP contribution >= 0.6 is 43.2 Å². The van der Waals surface area contributed by atoms with Gasteiger partial charge in [0.15, 0.2) is 0 Å². The third-order valence-corrected chi connectivity index (χ3v) is 4.13. The van der Waals surface area contributed by atoms with E-state index in [1.807, 2.05) is 12.3 Å². The van der Waals surface area contributed by atoms with Gasteiger partial charge in [0.1, 0.15) is 0 Å². The van der Waals surface area contributed by atoms with E-state index in [9.17, 15) is 4.79 Å². The normalized spacial score (nSPS) is 10.6. The first kappa shape index (κ1) is 12.1. The molecule has 2 nitrogen and oxygen atoms in total. The Morgan fingerprint density at radius 1 is 1.38 bits per heavy atom. The van der Waals surface area contributed by atoms with Crippen molar-refractivity contribution in [2.75, 3.05) is 0 Å². The van der Waals surface area contributed by atoms with Gasteiger partial charge in [0.25, 0.3) is 5.56 Å². The lowest BCUT2D eigenvalue weighted by molar-refractivity contribution is 0.669. The number of halogens is 2. The lowest BCUT2D eigenvalue weighted by Crippen LogP contribution is -2.20. The number of hydrogen-bond acceptors (Lipinski definition) is 2. The molecular weight excluding hydrogens is 354 g/mol. The molecule has 2 rings (SSSR count). The standard InChI is InChI=1S/C11H9Br2NOS/c12-8-6-10(13)11(15)14(7-8)4-3-9-2-1-5-16-9/h1-2,5-7H,3-4H2. The molecule has 0 radical (unpaired) electrons. The van der Waals surface area contributed by atoms with Gasteiger partial charge < -0.3 is 4.57 Å². The van der Waals surface area contributed by atoms with Crippen molar-refractivity contribution in [1.29, 1.82) is 0 Å². The van der Waals surface area contributed by atoms with Gasteiger partial charge in [-0.25, -0.2) is 0 Å². The fraction of sp³-hybridized carbons (Fsp3) is 0.182. The molecule has 0 unspecified atom stereocenters. The Balaban J connectivity index is 2.18. The molecule has 0 amide bonds. The minimum Gasteiger partial charge on any atom is -0.313 e. The van der Waals surface area contributed by atoms with E-state index in [1.165, 1.54) is 4.88 Å². The van der Waals surface area contributed by atoms with E-state index in [0.717, 1.165) is 10.9 Å². The average Bonchev–Trinajstić information content (AvgIpc) is 2.74. The fourth-order valence-electron chi connectivity index (χ4n) is 1.42. The zero-order valence-electron chi connectivity index (χ0n) is 8.32. The molecule has 0 aliphatic rings. The third-order valence-electron chi connectivity index (χ3n) is 2.19. The van der Waals surface area contributed by atoms with E-state index in [2.05, 4.69) is 43.3 Å². The van der Waals surface area contributed by atoms with Gasteiger partial charge in [-0.3, -0.25) is 4.79 Å². The molecule has 0 saturated heterocycles. The van der Waals surface area contributed by atoms with E-state index in [-0.39, 0.29) is 5.56 Å². The average molecular weight is 363 g/mol. The summed E-state index contributed by atoms with van der Waals surface area (Å²) in [5.74, 6) is 0. The van der Waals surface area contributed by atoms with Gasteiger partial charge in [-0.2, -0.15) is 0 Å². The van der Waals surface area contributed by atoms with Gasteiger partial charge in [-0.15, -0.1) is 11.3 Å². The zero-order chi connectivity index (χ0) is 11.5. The smallest absolute Gasteiger partial charge is 0.264 e. The number of aryl methyl sites for hydroxylation is 2. The van der Waals surface area contributed by atoms with Gasteiger partial charge in [0, 0.05) is 22.1 Å². The Bertz CT molecular complexity index is 533. The summed E-state index contributed by atoms with van der Waals surface area (Å²) < 4.78 is 3.21. The Morgan fingerprint density at radius 3 is 2.88 bits per heavy atom. The van der Waals surface area contributed by atoms with Crippen molar-refractivity contribution in [3.05, 3.63) is 54.0 Å². The molecule has 0 aromatic carbocycles. The van der Waals surface area contributed by atoms with Crippen LogP contribution in [0.2, 0.25) is 0 Å². The molecule has 0 spiro atoms. The van der Waals surface area contributed by atoms with Crippen LogP contribution in [0.4, 0.5) is 0 Å². The maximum atomic E-state index is 11.8. The molecule has 0 fully saturated rings. The van der Waals surface area contributed by atoms with Crippen LogP contribution in [0, 0.1) is 0 Å². The molecule has 0 atom stereocenters. The molecule has 5 heteroatoms. The maximum Gasteiger partial charge on any atom is 0.264 e. The van der Waals surface area contributed by atoms with Crippen LogP contribution < -0.4 is 5.56 Å². The quantitative estimate of drug-likeness (QED) is 0.816. The second-order valence-electron chi connectivity index (χ2n) is 3.33. The fourth-order valence-corrected chi connectivity index (χ4v) is 3.37. The van der Waals surface area contributed by atoms with E-state index >= 15 is 0 Å². The van der Waals surface area contributed by atoms with Gasteiger partial charge in [0.05, 0.1) is 4.47 Å². The highest BCUT2D eigenvalue weighted by atomic mass is 79.9. The minimum absolute atomic E-state index is 0.0137. The molecule has 16 heavy (non-hydrogen) atoms. The number of aromatic nitrogens is 1. The lowest BCUT2D eigenvalue weighted by atomic mass is 10.3. The highest BCUT2D eigenvalue weighted by molar-refractivity contribution is 9.11.